The van der Waals surface area contributed by atoms with Crippen LogP contribution in [0.5, 0.6) is 0 Å². The Morgan fingerprint density at radius 1 is 1.18 bits per heavy atom. The molecule has 0 radical (unpaired) electrons. The van der Waals surface area contributed by atoms with Gasteiger partial charge in [-0.1, -0.05) is 0 Å². The van der Waals surface area contributed by atoms with E-state index in [1.165, 1.54) is 6.07 Å². The Morgan fingerprint density at radius 2 is 1.88 bits per heavy atom. The molecule has 0 saturated heterocycles. The van der Waals surface area contributed by atoms with Crippen molar-refractivity contribution in [3.63, 3.8) is 0 Å². The molecule has 1 saturated carbocycles. The maximum Gasteiger partial charge on any atom is 0.416 e. The fourth-order valence-electron chi connectivity index (χ4n) is 1.97. The molecule has 0 aromatic heterocycles. The SMILES string of the molecule is O=C1Nc2cc(C(F)(F)F)ccc2NC12CC2. The third-order valence-corrected chi connectivity index (χ3v) is 3.15. The fourth-order valence-corrected chi connectivity index (χ4v) is 1.97. The smallest absolute Gasteiger partial charge is 0.370 e. The number of carbonyl (C=O) groups is 1. The van der Waals surface area contributed by atoms with E-state index in [4.69, 9.17) is 0 Å². The Labute approximate surface area is 95.0 Å². The lowest BCUT2D eigenvalue weighted by molar-refractivity contribution is -0.137. The predicted octanol–water partition coefficient (Wildman–Crippen LogP) is 2.60. The van der Waals surface area contributed by atoms with Gasteiger partial charge in [-0.3, -0.25) is 4.79 Å². The van der Waals surface area contributed by atoms with Crippen molar-refractivity contribution in [1.82, 2.24) is 0 Å². The molecule has 1 aromatic rings. The molecule has 1 aliphatic heterocycles. The first-order valence-electron chi connectivity index (χ1n) is 5.22. The molecule has 0 atom stereocenters. The van der Waals surface area contributed by atoms with Crippen molar-refractivity contribution in [3.05, 3.63) is 23.8 Å². The van der Waals surface area contributed by atoms with E-state index in [-0.39, 0.29) is 11.6 Å². The summed E-state index contributed by atoms with van der Waals surface area (Å²) in [6.45, 7) is 0. The van der Waals surface area contributed by atoms with E-state index in [1.54, 1.807) is 0 Å². The first kappa shape index (κ1) is 10.4. The number of halogens is 3. The van der Waals surface area contributed by atoms with E-state index in [9.17, 15) is 18.0 Å². The molecule has 0 bridgehead atoms. The maximum atomic E-state index is 12.5. The van der Waals surface area contributed by atoms with Gasteiger partial charge in [-0.2, -0.15) is 13.2 Å². The van der Waals surface area contributed by atoms with Gasteiger partial charge in [0.25, 0.3) is 0 Å². The second kappa shape index (κ2) is 2.94. The standard InChI is InChI=1S/C11H9F3N2O/c12-11(13,14)6-1-2-7-8(5-6)15-9(17)10(16-7)3-4-10/h1-2,5,16H,3-4H2,(H,15,17). The highest BCUT2D eigenvalue weighted by Crippen LogP contribution is 2.46. The summed E-state index contributed by atoms with van der Waals surface area (Å²) in [5, 5.41) is 5.52. The Morgan fingerprint density at radius 3 is 2.47 bits per heavy atom. The number of rotatable bonds is 0. The van der Waals surface area contributed by atoms with Gasteiger partial charge in [0.15, 0.2) is 0 Å². The van der Waals surface area contributed by atoms with Gasteiger partial charge in [-0.25, -0.2) is 0 Å². The normalized spacial score (nSPS) is 20.5. The number of anilines is 2. The second-order valence-electron chi connectivity index (χ2n) is 4.42. The van der Waals surface area contributed by atoms with Crippen LogP contribution in [0, 0.1) is 0 Å². The molecule has 3 nitrogen and oxygen atoms in total. The third kappa shape index (κ3) is 1.55. The van der Waals surface area contributed by atoms with Crippen LogP contribution in [0.15, 0.2) is 18.2 Å². The minimum absolute atomic E-state index is 0.197. The van der Waals surface area contributed by atoms with Crippen LogP contribution in [0.3, 0.4) is 0 Å². The number of carbonyl (C=O) groups excluding carboxylic acids is 1. The third-order valence-electron chi connectivity index (χ3n) is 3.15. The van der Waals surface area contributed by atoms with Crippen molar-refractivity contribution in [3.8, 4) is 0 Å². The minimum atomic E-state index is -4.39. The van der Waals surface area contributed by atoms with E-state index >= 15 is 0 Å². The van der Waals surface area contributed by atoms with E-state index < -0.39 is 17.3 Å². The van der Waals surface area contributed by atoms with E-state index in [1.807, 2.05) is 0 Å². The van der Waals surface area contributed by atoms with Crippen molar-refractivity contribution < 1.29 is 18.0 Å². The lowest BCUT2D eigenvalue weighted by atomic mass is 10.1. The van der Waals surface area contributed by atoms with Gasteiger partial charge >= 0.3 is 6.18 Å². The molecule has 1 aromatic carbocycles. The molecule has 6 heteroatoms. The molecular formula is C11H9F3N2O. The van der Waals surface area contributed by atoms with Gasteiger partial charge in [0.2, 0.25) is 5.91 Å². The van der Waals surface area contributed by atoms with Crippen molar-refractivity contribution in [1.29, 1.82) is 0 Å². The number of hydrogen-bond donors (Lipinski definition) is 2. The van der Waals surface area contributed by atoms with Crippen molar-refractivity contribution >= 4 is 17.3 Å². The quantitative estimate of drug-likeness (QED) is 0.734. The predicted molar refractivity (Wildman–Crippen MR) is 55.7 cm³/mol. The van der Waals surface area contributed by atoms with Crippen LogP contribution >= 0.6 is 0 Å². The van der Waals surface area contributed by atoms with Gasteiger partial charge in [-0.15, -0.1) is 0 Å². The Hall–Kier alpha value is -1.72. The van der Waals surface area contributed by atoms with E-state index in [0.717, 1.165) is 25.0 Å². The zero-order chi connectivity index (χ0) is 12.3. The largest absolute Gasteiger partial charge is 0.416 e. The number of fused-ring (bicyclic) bond motifs is 1. The summed E-state index contributed by atoms with van der Waals surface area (Å²) in [4.78, 5) is 11.6. The molecule has 1 aliphatic carbocycles. The van der Waals surface area contributed by atoms with E-state index in [2.05, 4.69) is 10.6 Å². The summed E-state index contributed by atoms with van der Waals surface area (Å²) < 4.78 is 37.5. The number of nitrogens with one attached hydrogen (secondary N) is 2. The molecule has 2 N–H and O–H groups in total. The second-order valence-corrected chi connectivity index (χ2v) is 4.42. The van der Waals surface area contributed by atoms with Gasteiger partial charge in [0, 0.05) is 0 Å². The van der Waals surface area contributed by atoms with Crippen molar-refractivity contribution in [2.45, 2.75) is 24.6 Å². The molecule has 1 fully saturated rings. The van der Waals surface area contributed by atoms with Crippen LogP contribution in [0.4, 0.5) is 24.5 Å². The highest BCUT2D eigenvalue weighted by molar-refractivity contribution is 6.08. The van der Waals surface area contributed by atoms with Crippen LogP contribution < -0.4 is 10.6 Å². The zero-order valence-corrected chi connectivity index (χ0v) is 8.69. The minimum Gasteiger partial charge on any atom is -0.370 e. The summed E-state index contributed by atoms with van der Waals surface area (Å²) in [6, 6.07) is 3.33. The topological polar surface area (TPSA) is 41.1 Å². The van der Waals surface area contributed by atoms with Crippen molar-refractivity contribution in [2.75, 3.05) is 10.6 Å². The van der Waals surface area contributed by atoms with Gasteiger partial charge in [-0.05, 0) is 31.0 Å². The average Bonchev–Trinajstić information content (AvgIpc) is 2.99. The van der Waals surface area contributed by atoms with Gasteiger partial charge < -0.3 is 10.6 Å². The molecule has 3 rings (SSSR count). The lowest BCUT2D eigenvalue weighted by Crippen LogP contribution is -2.41. The summed E-state index contributed by atoms with van der Waals surface area (Å²) >= 11 is 0. The zero-order valence-electron chi connectivity index (χ0n) is 8.69. The van der Waals surface area contributed by atoms with Gasteiger partial charge in [0.1, 0.15) is 5.54 Å². The summed E-state index contributed by atoms with van der Waals surface area (Å²) in [5.74, 6) is -0.246. The average molecular weight is 242 g/mol. The highest BCUT2D eigenvalue weighted by Gasteiger charge is 2.52. The molecule has 1 heterocycles. The summed E-state index contributed by atoms with van der Waals surface area (Å²) in [6.07, 6.45) is -2.95. The molecule has 1 amide bonds. The lowest BCUT2D eigenvalue weighted by Gasteiger charge is -2.27. The fraction of sp³-hybridized carbons (Fsp3) is 0.364. The molecule has 0 unspecified atom stereocenters. The first-order valence-corrected chi connectivity index (χ1v) is 5.22. The molecule has 17 heavy (non-hydrogen) atoms. The maximum absolute atomic E-state index is 12.5. The Kier molecular flexibility index (Phi) is 1.80. The van der Waals surface area contributed by atoms with Crippen LogP contribution in [-0.2, 0) is 11.0 Å². The van der Waals surface area contributed by atoms with Gasteiger partial charge in [0.05, 0.1) is 16.9 Å². The highest BCUT2D eigenvalue weighted by atomic mass is 19.4. The summed E-state index contributed by atoms with van der Waals surface area (Å²) in [5.41, 5.74) is -0.588. The number of amides is 1. The Bertz CT molecular complexity index is 506. The molecule has 90 valence electrons. The van der Waals surface area contributed by atoms with Crippen LogP contribution in [0.1, 0.15) is 18.4 Å². The van der Waals surface area contributed by atoms with Crippen LogP contribution in [0.25, 0.3) is 0 Å². The van der Waals surface area contributed by atoms with E-state index in [0.29, 0.717) is 5.69 Å². The van der Waals surface area contributed by atoms with Crippen molar-refractivity contribution in [2.24, 2.45) is 0 Å². The molecular weight excluding hydrogens is 233 g/mol. The molecule has 1 spiro atoms. The Balaban J connectivity index is 2.00. The van der Waals surface area contributed by atoms with Crippen LogP contribution in [0.2, 0.25) is 0 Å². The summed E-state index contributed by atoms with van der Waals surface area (Å²) in [7, 11) is 0. The van der Waals surface area contributed by atoms with Crippen LogP contribution in [-0.4, -0.2) is 11.4 Å². The molecule has 2 aliphatic rings. The number of benzene rings is 1. The monoisotopic (exact) mass is 242 g/mol. The number of alkyl halides is 3. The number of hydrogen-bond acceptors (Lipinski definition) is 2. The first-order chi connectivity index (χ1) is 7.91.